The summed E-state index contributed by atoms with van der Waals surface area (Å²) in [7, 11) is -3.74. The van der Waals surface area contributed by atoms with Crippen molar-refractivity contribution in [2.75, 3.05) is 26.3 Å². The topological polar surface area (TPSA) is 95.9 Å². The smallest absolute Gasteiger partial charge is 0.345 e. The third-order valence-electron chi connectivity index (χ3n) is 2.63. The molecule has 19 heavy (non-hydrogen) atoms. The van der Waals surface area contributed by atoms with Crippen molar-refractivity contribution in [3.05, 3.63) is 15.8 Å². The molecule has 0 aliphatic carbocycles. The van der Waals surface area contributed by atoms with Crippen LogP contribution in [-0.2, 0) is 14.8 Å². The van der Waals surface area contributed by atoms with Crippen molar-refractivity contribution in [1.82, 2.24) is 9.84 Å². The average Bonchev–Trinajstić information content (AvgIpc) is 2.73. The van der Waals surface area contributed by atoms with Crippen LogP contribution in [0.4, 0.5) is 0 Å². The Morgan fingerprint density at radius 2 is 2.11 bits per heavy atom. The van der Waals surface area contributed by atoms with E-state index in [1.807, 2.05) is 0 Å². The van der Waals surface area contributed by atoms with Gasteiger partial charge in [-0.15, -0.1) is 16.2 Å². The Balaban J connectivity index is 2.21. The monoisotopic (exact) mass is 306 g/mol. The first-order valence-electron chi connectivity index (χ1n) is 5.59. The number of hydrogen-bond donors (Lipinski definition) is 2. The Morgan fingerprint density at radius 3 is 2.63 bits per heavy atom. The number of carboxylic acids is 1. The fourth-order valence-corrected chi connectivity index (χ4v) is 4.27. The van der Waals surface area contributed by atoms with E-state index in [1.165, 1.54) is 6.07 Å². The Morgan fingerprint density at radius 1 is 1.47 bits per heavy atom. The zero-order chi connectivity index (χ0) is 14.0. The van der Waals surface area contributed by atoms with Crippen LogP contribution in [0.15, 0.2) is 11.0 Å². The van der Waals surface area contributed by atoms with Gasteiger partial charge in [0.15, 0.2) is 0 Å². The molecule has 0 atom stereocenters. The normalized spacial score (nSPS) is 17.5. The van der Waals surface area contributed by atoms with Crippen LogP contribution in [0.5, 0.6) is 0 Å². The van der Waals surface area contributed by atoms with Gasteiger partial charge >= 0.3 is 5.97 Å². The Kier molecular flexibility index (Phi) is 4.21. The Hall–Kier alpha value is -1.00. The van der Waals surface area contributed by atoms with Crippen LogP contribution in [0.1, 0.15) is 14.5 Å². The quantitative estimate of drug-likeness (QED) is 0.829. The third kappa shape index (κ3) is 3.31. The summed E-state index contributed by atoms with van der Waals surface area (Å²) in [6.45, 7) is 3.45. The van der Waals surface area contributed by atoms with E-state index in [1.54, 1.807) is 11.9 Å². The second-order valence-electron chi connectivity index (χ2n) is 4.03. The first-order chi connectivity index (χ1) is 8.90. The van der Waals surface area contributed by atoms with Gasteiger partial charge in [0, 0.05) is 18.0 Å². The summed E-state index contributed by atoms with van der Waals surface area (Å²) >= 11 is 0.949. The molecule has 1 aromatic rings. The molecule has 0 bridgehead atoms. The molecular formula is C10H14N2O5S2. The molecule has 0 amide bonds. The summed E-state index contributed by atoms with van der Waals surface area (Å²) in [5.41, 5.74) is 0. The second-order valence-corrected chi connectivity index (χ2v) is 6.92. The number of nitrogens with one attached hydrogen (secondary N) is 1. The zero-order valence-electron chi connectivity index (χ0n) is 10.2. The molecule has 0 unspecified atom stereocenters. The number of rotatable bonds is 4. The third-order valence-corrected chi connectivity index (χ3v) is 5.30. The van der Waals surface area contributed by atoms with Gasteiger partial charge < -0.3 is 9.84 Å². The molecule has 7 nitrogen and oxygen atoms in total. The fourth-order valence-electron chi connectivity index (χ4n) is 1.71. The minimum absolute atomic E-state index is 0.0138. The number of hydrogen-bond acceptors (Lipinski definition) is 6. The highest BCUT2D eigenvalue weighted by Crippen LogP contribution is 2.25. The van der Waals surface area contributed by atoms with E-state index in [0.29, 0.717) is 31.2 Å². The van der Waals surface area contributed by atoms with Crippen molar-refractivity contribution in [1.29, 1.82) is 0 Å². The summed E-state index contributed by atoms with van der Waals surface area (Å²) in [6, 6.07) is 1.19. The molecule has 1 fully saturated rings. The van der Waals surface area contributed by atoms with Gasteiger partial charge in [0.25, 0.3) is 10.0 Å². The van der Waals surface area contributed by atoms with Gasteiger partial charge in [-0.25, -0.2) is 18.2 Å². The van der Waals surface area contributed by atoms with Crippen molar-refractivity contribution in [2.45, 2.75) is 11.8 Å². The van der Waals surface area contributed by atoms with Crippen LogP contribution in [0, 0.1) is 6.92 Å². The molecule has 2 N–H and O–H groups in total. The van der Waals surface area contributed by atoms with E-state index >= 15 is 0 Å². The molecule has 0 radical (unpaired) electrons. The number of thiophene rings is 1. The van der Waals surface area contributed by atoms with Crippen molar-refractivity contribution >= 4 is 27.3 Å². The number of morpholine rings is 1. The van der Waals surface area contributed by atoms with E-state index in [4.69, 9.17) is 9.84 Å². The summed E-state index contributed by atoms with van der Waals surface area (Å²) in [6.07, 6.45) is 0. The highest BCUT2D eigenvalue weighted by Gasteiger charge is 2.25. The highest BCUT2D eigenvalue weighted by molar-refractivity contribution is 7.89. The van der Waals surface area contributed by atoms with Crippen LogP contribution >= 0.6 is 11.3 Å². The number of aromatic carboxylic acids is 1. The number of carboxylic acid groups (broad SMARTS) is 1. The minimum Gasteiger partial charge on any atom is -0.477 e. The molecule has 1 aliphatic heterocycles. The number of nitrogens with zero attached hydrogens (tertiary/aromatic N) is 1. The fraction of sp³-hybridized carbons (Fsp3) is 0.500. The number of hydrazine groups is 1. The number of carbonyl (C=O) groups is 1. The van der Waals surface area contributed by atoms with Crippen LogP contribution in [-0.4, -0.2) is 50.8 Å². The second kappa shape index (κ2) is 5.55. The number of sulfonamides is 1. The van der Waals surface area contributed by atoms with Gasteiger partial charge in [-0.1, -0.05) is 0 Å². The molecular weight excluding hydrogens is 292 g/mol. The maximum atomic E-state index is 12.2. The largest absolute Gasteiger partial charge is 0.477 e. The summed E-state index contributed by atoms with van der Waals surface area (Å²) in [5.74, 6) is -1.12. The average molecular weight is 306 g/mol. The molecule has 0 saturated carbocycles. The van der Waals surface area contributed by atoms with E-state index in [0.717, 1.165) is 11.3 Å². The van der Waals surface area contributed by atoms with Crippen LogP contribution in [0.2, 0.25) is 0 Å². The molecule has 2 heterocycles. The lowest BCUT2D eigenvalue weighted by molar-refractivity contribution is 0.0272. The van der Waals surface area contributed by atoms with Gasteiger partial charge in [0.1, 0.15) is 4.88 Å². The molecule has 2 rings (SSSR count). The summed E-state index contributed by atoms with van der Waals surface area (Å²) in [4.78, 5) is 13.8. The Labute approximate surface area is 114 Å². The number of aryl methyl sites for hydroxylation is 1. The van der Waals surface area contributed by atoms with Crippen LogP contribution in [0.3, 0.4) is 0 Å². The van der Waals surface area contributed by atoms with Gasteiger partial charge in [-0.2, -0.15) is 0 Å². The predicted octanol–water partition coefficient (Wildman–Crippen LogP) is 0.280. The van der Waals surface area contributed by atoms with E-state index in [-0.39, 0.29) is 9.77 Å². The highest BCUT2D eigenvalue weighted by atomic mass is 32.2. The Bertz CT molecular complexity index is 575. The van der Waals surface area contributed by atoms with Gasteiger partial charge in [-0.05, 0) is 13.0 Å². The lowest BCUT2D eigenvalue weighted by atomic mass is 10.4. The van der Waals surface area contributed by atoms with Crippen molar-refractivity contribution < 1.29 is 23.1 Å². The molecule has 106 valence electrons. The zero-order valence-corrected chi connectivity index (χ0v) is 11.9. The van der Waals surface area contributed by atoms with Gasteiger partial charge in [0.2, 0.25) is 0 Å². The first-order valence-corrected chi connectivity index (χ1v) is 7.89. The van der Waals surface area contributed by atoms with E-state index in [2.05, 4.69) is 4.83 Å². The maximum Gasteiger partial charge on any atom is 0.345 e. The SMILES string of the molecule is Cc1sc(C(=O)O)cc1S(=O)(=O)NN1CCOCC1. The van der Waals surface area contributed by atoms with Crippen LogP contribution < -0.4 is 4.83 Å². The number of ether oxygens (including phenoxy) is 1. The maximum absolute atomic E-state index is 12.2. The predicted molar refractivity (Wildman–Crippen MR) is 68.7 cm³/mol. The van der Waals surface area contributed by atoms with Gasteiger partial charge in [-0.3, -0.25) is 0 Å². The lowest BCUT2D eigenvalue weighted by Crippen LogP contribution is -2.48. The minimum atomic E-state index is -3.74. The molecule has 1 aliphatic rings. The molecule has 0 aromatic carbocycles. The van der Waals surface area contributed by atoms with Gasteiger partial charge in [0.05, 0.1) is 18.1 Å². The molecule has 1 saturated heterocycles. The standard InChI is InChI=1S/C10H14N2O5S2/c1-7-9(6-8(18-7)10(13)14)19(15,16)11-12-2-4-17-5-3-12/h6,11H,2-5H2,1H3,(H,13,14). The van der Waals surface area contributed by atoms with Crippen LogP contribution in [0.25, 0.3) is 0 Å². The lowest BCUT2D eigenvalue weighted by Gasteiger charge is -2.26. The van der Waals surface area contributed by atoms with Crippen molar-refractivity contribution in [3.63, 3.8) is 0 Å². The van der Waals surface area contributed by atoms with E-state index in [9.17, 15) is 13.2 Å². The summed E-state index contributed by atoms with van der Waals surface area (Å²) in [5, 5.41) is 10.4. The molecule has 0 spiro atoms. The first kappa shape index (κ1) is 14.4. The molecule has 9 heteroatoms. The van der Waals surface area contributed by atoms with Crippen molar-refractivity contribution in [2.24, 2.45) is 0 Å². The van der Waals surface area contributed by atoms with E-state index < -0.39 is 16.0 Å². The molecule has 1 aromatic heterocycles. The summed E-state index contributed by atoms with van der Waals surface area (Å²) < 4.78 is 29.5. The van der Waals surface area contributed by atoms with Crippen molar-refractivity contribution in [3.8, 4) is 0 Å².